The molecule has 2 aromatic rings. The summed E-state index contributed by atoms with van der Waals surface area (Å²) in [6.45, 7) is 13.8. The van der Waals surface area contributed by atoms with Gasteiger partial charge in [0.2, 0.25) is 11.6 Å². The van der Waals surface area contributed by atoms with E-state index in [4.69, 9.17) is 5.73 Å². The van der Waals surface area contributed by atoms with E-state index in [1.807, 2.05) is 0 Å². The minimum atomic E-state index is -0.0755. The molecular formula is C43H64N5O+. The number of hydrogen-bond donors (Lipinski definition) is 3. The molecule has 266 valence electrons. The van der Waals surface area contributed by atoms with E-state index < -0.39 is 0 Å². The van der Waals surface area contributed by atoms with Gasteiger partial charge in [-0.05, 0) is 83.3 Å². The molecule has 2 aliphatic heterocycles. The first kappa shape index (κ1) is 38.3. The van der Waals surface area contributed by atoms with E-state index in [0.29, 0.717) is 6.42 Å². The predicted molar refractivity (Wildman–Crippen MR) is 209 cm³/mol. The van der Waals surface area contributed by atoms with Gasteiger partial charge in [-0.3, -0.25) is 4.79 Å². The van der Waals surface area contributed by atoms with E-state index in [1.165, 1.54) is 66.0 Å². The number of carbonyl (C=O) groups is 1. The van der Waals surface area contributed by atoms with Gasteiger partial charge in [0.05, 0.1) is 5.41 Å². The molecule has 1 amide bonds. The molecule has 49 heavy (non-hydrogen) atoms. The van der Waals surface area contributed by atoms with Gasteiger partial charge < -0.3 is 21.3 Å². The third-order valence-corrected chi connectivity index (χ3v) is 10.4. The van der Waals surface area contributed by atoms with E-state index >= 15 is 0 Å². The minimum absolute atomic E-state index is 0.0256. The lowest BCUT2D eigenvalue weighted by atomic mass is 9.81. The minimum Gasteiger partial charge on any atom is -0.356 e. The Morgan fingerprint density at radius 3 is 2.20 bits per heavy atom. The van der Waals surface area contributed by atoms with Crippen molar-refractivity contribution in [2.24, 2.45) is 5.73 Å². The van der Waals surface area contributed by atoms with Gasteiger partial charge in [0.15, 0.2) is 5.71 Å². The summed E-state index contributed by atoms with van der Waals surface area (Å²) in [4.78, 5) is 14.9. The van der Waals surface area contributed by atoms with Crippen molar-refractivity contribution in [1.29, 1.82) is 0 Å². The summed E-state index contributed by atoms with van der Waals surface area (Å²) < 4.78 is 2.31. The summed E-state index contributed by atoms with van der Waals surface area (Å²) in [6.07, 6.45) is 23.2. The molecular weight excluding hydrogens is 603 g/mol. The van der Waals surface area contributed by atoms with E-state index in [9.17, 15) is 4.79 Å². The normalized spacial score (nSPS) is 17.1. The number of amides is 1. The van der Waals surface area contributed by atoms with Crippen LogP contribution in [0.3, 0.4) is 0 Å². The number of hydrogen-bond acceptors (Lipinski definition) is 4. The molecule has 0 saturated carbocycles. The lowest BCUT2D eigenvalue weighted by Gasteiger charge is -2.27. The van der Waals surface area contributed by atoms with Crippen LogP contribution in [0.1, 0.15) is 109 Å². The third kappa shape index (κ3) is 10.3. The molecule has 0 fully saturated rings. The van der Waals surface area contributed by atoms with Crippen LogP contribution < -0.4 is 21.3 Å². The molecule has 4 rings (SSSR count). The van der Waals surface area contributed by atoms with E-state index in [2.05, 4.69) is 134 Å². The Balaban J connectivity index is 1.20. The monoisotopic (exact) mass is 667 g/mol. The highest BCUT2D eigenvalue weighted by atomic mass is 16.1. The maximum atomic E-state index is 12.4. The second-order valence-corrected chi connectivity index (χ2v) is 14.9. The Morgan fingerprint density at radius 1 is 0.755 bits per heavy atom. The van der Waals surface area contributed by atoms with Crippen molar-refractivity contribution in [3.8, 4) is 0 Å². The Kier molecular flexibility index (Phi) is 14.9. The van der Waals surface area contributed by atoms with Crippen LogP contribution in [0, 0.1) is 0 Å². The van der Waals surface area contributed by atoms with Crippen LogP contribution in [0.2, 0.25) is 0 Å². The average Bonchev–Trinajstić information content (AvgIpc) is 3.42. The summed E-state index contributed by atoms with van der Waals surface area (Å²) in [7, 11) is 2.16. The second kappa shape index (κ2) is 19.1. The van der Waals surface area contributed by atoms with Gasteiger partial charge in [-0.2, -0.15) is 4.58 Å². The number of nitrogens with two attached hydrogens (primary N) is 1. The highest BCUT2D eigenvalue weighted by molar-refractivity contribution is 6.03. The van der Waals surface area contributed by atoms with Gasteiger partial charge in [-0.15, -0.1) is 0 Å². The Labute approximate surface area is 297 Å². The van der Waals surface area contributed by atoms with Crippen molar-refractivity contribution in [3.05, 3.63) is 95.7 Å². The van der Waals surface area contributed by atoms with E-state index in [0.717, 1.165) is 64.8 Å². The van der Waals surface area contributed by atoms with Gasteiger partial charge >= 0.3 is 0 Å². The fraction of sp³-hybridized carbons (Fsp3) is 0.535. The largest absolute Gasteiger partial charge is 0.356 e. The van der Waals surface area contributed by atoms with Gasteiger partial charge in [0, 0.05) is 54.0 Å². The quantitative estimate of drug-likeness (QED) is 0.0711. The standard InChI is InChI=1S/C43H63N5O/c1-42(2)35-23-15-17-25-37(35)47(5)39(42)27-12-10-13-28-40-43(3,4)36-24-16-18-26-38(36)48(40)34-21-11-14-29-41(49)46-33-22-32-45-31-20-9-7-6-8-19-30-44/h10,12-13,15-18,23-28,45H,6-9,11,14,19-22,29-34,44H2,1-5H3/p+1. The molecule has 0 saturated heterocycles. The number of para-hydroxylation sites is 2. The molecule has 0 atom stereocenters. The first-order valence-corrected chi connectivity index (χ1v) is 19.0. The lowest BCUT2D eigenvalue weighted by Crippen LogP contribution is -2.28. The van der Waals surface area contributed by atoms with Crippen LogP contribution in [0.15, 0.2) is 84.6 Å². The number of benzene rings is 2. The molecule has 6 nitrogen and oxygen atoms in total. The summed E-state index contributed by atoms with van der Waals surface area (Å²) in [5.41, 5.74) is 13.4. The third-order valence-electron chi connectivity index (χ3n) is 10.4. The van der Waals surface area contributed by atoms with Crippen LogP contribution in [-0.4, -0.2) is 56.0 Å². The lowest BCUT2D eigenvalue weighted by molar-refractivity contribution is -0.401. The van der Waals surface area contributed by atoms with Gasteiger partial charge in [0.25, 0.3) is 0 Å². The maximum absolute atomic E-state index is 12.4. The SMILES string of the molecule is C[N+]1=C(C=CC=CC=C2N(CCCCCC(=O)NCCCNCCCCCCCCN)c3ccccc3C2(C)C)C(C)(C)c2ccccc21. The van der Waals surface area contributed by atoms with Crippen LogP contribution >= 0.6 is 0 Å². The van der Waals surface area contributed by atoms with Gasteiger partial charge in [-0.1, -0.05) is 101 Å². The highest BCUT2D eigenvalue weighted by Crippen LogP contribution is 2.47. The molecule has 2 heterocycles. The van der Waals surface area contributed by atoms with Crippen molar-refractivity contribution >= 4 is 23.0 Å². The molecule has 0 aliphatic carbocycles. The fourth-order valence-electron chi connectivity index (χ4n) is 7.53. The topological polar surface area (TPSA) is 73.4 Å². The zero-order chi connectivity index (χ0) is 35.1. The smallest absolute Gasteiger partial charge is 0.219 e. The number of nitrogens with zero attached hydrogens (tertiary/aromatic N) is 2. The van der Waals surface area contributed by atoms with Crippen LogP contribution in [0.25, 0.3) is 0 Å². The average molecular weight is 667 g/mol. The van der Waals surface area contributed by atoms with Crippen LogP contribution in [0.4, 0.5) is 11.4 Å². The summed E-state index contributed by atoms with van der Waals surface area (Å²) in [6, 6.07) is 17.5. The van der Waals surface area contributed by atoms with Gasteiger partial charge in [0.1, 0.15) is 7.05 Å². The molecule has 6 heteroatoms. The van der Waals surface area contributed by atoms with Crippen molar-refractivity contribution in [3.63, 3.8) is 0 Å². The highest BCUT2D eigenvalue weighted by Gasteiger charge is 2.42. The molecule has 2 aliphatic rings. The zero-order valence-electron chi connectivity index (χ0n) is 31.2. The second-order valence-electron chi connectivity index (χ2n) is 14.9. The summed E-state index contributed by atoms with van der Waals surface area (Å²) >= 11 is 0. The number of anilines is 1. The first-order valence-electron chi connectivity index (χ1n) is 19.0. The Bertz CT molecular complexity index is 1480. The van der Waals surface area contributed by atoms with Crippen LogP contribution in [-0.2, 0) is 15.6 Å². The molecule has 0 spiro atoms. The molecule has 0 bridgehead atoms. The van der Waals surface area contributed by atoms with Crippen molar-refractivity contribution < 1.29 is 9.37 Å². The summed E-state index contributed by atoms with van der Waals surface area (Å²) in [5.74, 6) is 0.179. The zero-order valence-corrected chi connectivity index (χ0v) is 31.2. The van der Waals surface area contributed by atoms with Gasteiger partial charge in [-0.25, -0.2) is 0 Å². The summed E-state index contributed by atoms with van der Waals surface area (Å²) in [5, 5.41) is 6.62. The molecule has 4 N–H and O–H groups in total. The maximum Gasteiger partial charge on any atom is 0.219 e. The van der Waals surface area contributed by atoms with Crippen molar-refractivity contribution in [2.45, 2.75) is 109 Å². The number of fused-ring (bicyclic) bond motifs is 2. The van der Waals surface area contributed by atoms with E-state index in [1.54, 1.807) is 0 Å². The Hall–Kier alpha value is -3.48. The number of allylic oxidation sites excluding steroid dienone is 6. The first-order chi connectivity index (χ1) is 23.7. The van der Waals surface area contributed by atoms with E-state index in [-0.39, 0.29) is 16.7 Å². The number of rotatable bonds is 21. The van der Waals surface area contributed by atoms with Crippen molar-refractivity contribution in [1.82, 2.24) is 10.6 Å². The van der Waals surface area contributed by atoms with Crippen LogP contribution in [0.5, 0.6) is 0 Å². The number of nitrogens with one attached hydrogen (secondary N) is 2. The molecule has 2 aromatic carbocycles. The Morgan fingerprint density at radius 2 is 1.43 bits per heavy atom. The number of unbranched alkanes of at least 4 members (excludes halogenated alkanes) is 7. The predicted octanol–water partition coefficient (Wildman–Crippen LogP) is 8.44. The fourth-order valence-corrected chi connectivity index (χ4v) is 7.53. The number of carbonyl (C=O) groups excluding carboxylic acids is 1. The molecule has 0 aromatic heterocycles. The van der Waals surface area contributed by atoms with Crippen molar-refractivity contribution in [2.75, 3.05) is 44.7 Å². The molecule has 0 radical (unpaired) electrons. The molecule has 0 unspecified atom stereocenters.